The van der Waals surface area contributed by atoms with Crippen molar-refractivity contribution in [3.8, 4) is 0 Å². The van der Waals surface area contributed by atoms with Gasteiger partial charge in [-0.25, -0.2) is 0 Å². The molecule has 3 heterocycles. The molecular weight excluding hydrogens is 320 g/mol. The SMILES string of the molecule is Cc1cc(C)n(Cc2ccc(C(=O)NCCCN3CCOCC3)o2)n1. The van der Waals surface area contributed by atoms with Gasteiger partial charge in [-0.2, -0.15) is 5.10 Å². The monoisotopic (exact) mass is 346 g/mol. The summed E-state index contributed by atoms with van der Waals surface area (Å²) in [6.07, 6.45) is 0.922. The van der Waals surface area contributed by atoms with Gasteiger partial charge in [0, 0.05) is 25.3 Å². The van der Waals surface area contributed by atoms with E-state index in [-0.39, 0.29) is 5.91 Å². The Hall–Kier alpha value is -2.12. The van der Waals surface area contributed by atoms with Crippen LogP contribution in [0, 0.1) is 13.8 Å². The normalized spacial score (nSPS) is 15.4. The molecule has 2 aromatic rings. The first-order valence-corrected chi connectivity index (χ1v) is 8.80. The van der Waals surface area contributed by atoms with E-state index in [9.17, 15) is 4.79 Å². The van der Waals surface area contributed by atoms with Crippen LogP contribution >= 0.6 is 0 Å². The average molecular weight is 346 g/mol. The first-order chi connectivity index (χ1) is 12.1. The summed E-state index contributed by atoms with van der Waals surface area (Å²) in [5.74, 6) is 0.911. The van der Waals surface area contributed by atoms with Gasteiger partial charge in [0.05, 0.1) is 25.5 Å². The number of aryl methyl sites for hydroxylation is 2. The van der Waals surface area contributed by atoms with E-state index in [4.69, 9.17) is 9.15 Å². The Bertz CT molecular complexity index is 701. The van der Waals surface area contributed by atoms with Gasteiger partial charge >= 0.3 is 0 Å². The Morgan fingerprint density at radius 3 is 2.80 bits per heavy atom. The fourth-order valence-electron chi connectivity index (χ4n) is 2.98. The highest BCUT2D eigenvalue weighted by molar-refractivity contribution is 5.91. The van der Waals surface area contributed by atoms with Gasteiger partial charge < -0.3 is 14.5 Å². The molecule has 0 bridgehead atoms. The number of nitrogens with one attached hydrogen (secondary N) is 1. The number of aromatic nitrogens is 2. The fourth-order valence-corrected chi connectivity index (χ4v) is 2.98. The van der Waals surface area contributed by atoms with Crippen molar-refractivity contribution in [1.29, 1.82) is 0 Å². The van der Waals surface area contributed by atoms with Crippen molar-refractivity contribution in [3.63, 3.8) is 0 Å². The van der Waals surface area contributed by atoms with Gasteiger partial charge in [-0.15, -0.1) is 0 Å². The summed E-state index contributed by atoms with van der Waals surface area (Å²) in [5.41, 5.74) is 2.05. The van der Waals surface area contributed by atoms with E-state index in [0.29, 0.717) is 18.8 Å². The number of carbonyl (C=O) groups excluding carboxylic acids is 1. The van der Waals surface area contributed by atoms with Gasteiger partial charge in [0.2, 0.25) is 0 Å². The van der Waals surface area contributed by atoms with Crippen molar-refractivity contribution in [1.82, 2.24) is 20.0 Å². The molecule has 0 aliphatic carbocycles. The highest BCUT2D eigenvalue weighted by atomic mass is 16.5. The summed E-state index contributed by atoms with van der Waals surface area (Å²) < 4.78 is 12.9. The molecule has 1 fully saturated rings. The zero-order chi connectivity index (χ0) is 17.6. The number of ether oxygens (including phenoxy) is 1. The highest BCUT2D eigenvalue weighted by Gasteiger charge is 2.13. The summed E-state index contributed by atoms with van der Waals surface area (Å²) in [6, 6.07) is 5.57. The molecular formula is C18H26N4O3. The Kier molecular flexibility index (Phi) is 5.88. The topological polar surface area (TPSA) is 72.5 Å². The lowest BCUT2D eigenvalue weighted by Crippen LogP contribution is -2.38. The Morgan fingerprint density at radius 1 is 1.28 bits per heavy atom. The molecule has 1 aliphatic heterocycles. The van der Waals surface area contributed by atoms with E-state index < -0.39 is 0 Å². The number of amides is 1. The lowest BCUT2D eigenvalue weighted by atomic mass is 10.3. The van der Waals surface area contributed by atoms with Gasteiger partial charge in [0.15, 0.2) is 5.76 Å². The molecule has 7 nitrogen and oxygen atoms in total. The number of morpholine rings is 1. The van der Waals surface area contributed by atoms with Crippen LogP contribution in [-0.4, -0.2) is 60.0 Å². The second kappa shape index (κ2) is 8.31. The lowest BCUT2D eigenvalue weighted by molar-refractivity contribution is 0.0374. The molecule has 1 N–H and O–H groups in total. The van der Waals surface area contributed by atoms with E-state index in [1.54, 1.807) is 6.07 Å². The molecule has 0 atom stereocenters. The summed E-state index contributed by atoms with van der Waals surface area (Å²) in [6.45, 7) is 9.67. The minimum atomic E-state index is -0.165. The van der Waals surface area contributed by atoms with E-state index in [1.165, 1.54) is 0 Å². The second-order valence-electron chi connectivity index (χ2n) is 6.41. The quantitative estimate of drug-likeness (QED) is 0.771. The largest absolute Gasteiger partial charge is 0.454 e. The predicted octanol–water partition coefficient (Wildman–Crippen LogP) is 1.59. The molecule has 1 amide bonds. The van der Waals surface area contributed by atoms with Gasteiger partial charge in [0.1, 0.15) is 5.76 Å². The maximum absolute atomic E-state index is 12.2. The molecule has 0 aromatic carbocycles. The van der Waals surface area contributed by atoms with Crippen LogP contribution in [0.2, 0.25) is 0 Å². The number of nitrogens with zero attached hydrogens (tertiary/aromatic N) is 3. The zero-order valence-corrected chi connectivity index (χ0v) is 15.0. The molecule has 0 saturated carbocycles. The summed E-state index contributed by atoms with van der Waals surface area (Å²) >= 11 is 0. The smallest absolute Gasteiger partial charge is 0.286 e. The van der Waals surface area contributed by atoms with Crippen LogP contribution in [0.25, 0.3) is 0 Å². The van der Waals surface area contributed by atoms with Crippen LogP contribution in [0.3, 0.4) is 0 Å². The standard InChI is InChI=1S/C18H26N4O3/c1-14-12-15(2)22(20-14)13-16-4-5-17(25-16)18(23)19-6-3-7-21-8-10-24-11-9-21/h4-5,12H,3,6-11,13H2,1-2H3,(H,19,23). The molecule has 2 aromatic heterocycles. The van der Waals surface area contributed by atoms with Gasteiger partial charge in [-0.3, -0.25) is 14.4 Å². The molecule has 0 unspecified atom stereocenters. The van der Waals surface area contributed by atoms with Crippen LogP contribution < -0.4 is 5.32 Å². The fraction of sp³-hybridized carbons (Fsp3) is 0.556. The Labute approximate surface area is 147 Å². The number of carbonyl (C=O) groups is 1. The van der Waals surface area contributed by atoms with Crippen molar-refractivity contribution in [2.45, 2.75) is 26.8 Å². The summed E-state index contributed by atoms with van der Waals surface area (Å²) in [5, 5.41) is 7.33. The third-order valence-electron chi connectivity index (χ3n) is 4.33. The minimum absolute atomic E-state index is 0.165. The van der Waals surface area contributed by atoms with Gasteiger partial charge in [-0.05, 0) is 45.0 Å². The average Bonchev–Trinajstić information content (AvgIpc) is 3.19. The van der Waals surface area contributed by atoms with Crippen LogP contribution in [0.1, 0.15) is 34.1 Å². The second-order valence-corrected chi connectivity index (χ2v) is 6.41. The molecule has 3 rings (SSSR count). The Morgan fingerprint density at radius 2 is 2.08 bits per heavy atom. The van der Waals surface area contributed by atoms with Crippen LogP contribution in [0.4, 0.5) is 0 Å². The third kappa shape index (κ3) is 4.93. The first-order valence-electron chi connectivity index (χ1n) is 8.80. The van der Waals surface area contributed by atoms with Gasteiger partial charge in [0.25, 0.3) is 5.91 Å². The molecule has 0 spiro atoms. The van der Waals surface area contributed by atoms with Crippen molar-refractivity contribution in [2.24, 2.45) is 0 Å². The summed E-state index contributed by atoms with van der Waals surface area (Å²) in [4.78, 5) is 14.5. The Balaban J connectivity index is 1.43. The van der Waals surface area contributed by atoms with Crippen LogP contribution in [0.15, 0.2) is 22.6 Å². The van der Waals surface area contributed by atoms with E-state index in [0.717, 1.165) is 56.4 Å². The van der Waals surface area contributed by atoms with Crippen LogP contribution in [-0.2, 0) is 11.3 Å². The zero-order valence-electron chi connectivity index (χ0n) is 15.0. The lowest BCUT2D eigenvalue weighted by Gasteiger charge is -2.26. The first kappa shape index (κ1) is 17.7. The van der Waals surface area contributed by atoms with Crippen molar-refractivity contribution in [3.05, 3.63) is 41.1 Å². The minimum Gasteiger partial charge on any atom is -0.454 e. The highest BCUT2D eigenvalue weighted by Crippen LogP contribution is 2.11. The number of rotatable bonds is 7. The molecule has 1 aliphatic rings. The molecule has 7 heteroatoms. The molecule has 1 saturated heterocycles. The maximum atomic E-state index is 12.2. The van der Waals surface area contributed by atoms with Crippen LogP contribution in [0.5, 0.6) is 0 Å². The maximum Gasteiger partial charge on any atom is 0.286 e. The summed E-state index contributed by atoms with van der Waals surface area (Å²) in [7, 11) is 0. The van der Waals surface area contributed by atoms with E-state index in [2.05, 4.69) is 15.3 Å². The molecule has 25 heavy (non-hydrogen) atoms. The predicted molar refractivity (Wildman–Crippen MR) is 93.7 cm³/mol. The van der Waals surface area contributed by atoms with Crippen molar-refractivity contribution in [2.75, 3.05) is 39.4 Å². The number of furan rings is 1. The van der Waals surface area contributed by atoms with Gasteiger partial charge in [-0.1, -0.05) is 0 Å². The molecule has 0 radical (unpaired) electrons. The molecule has 136 valence electrons. The number of hydrogen-bond donors (Lipinski definition) is 1. The van der Waals surface area contributed by atoms with E-state index in [1.807, 2.05) is 30.7 Å². The van der Waals surface area contributed by atoms with E-state index >= 15 is 0 Å². The van der Waals surface area contributed by atoms with Crippen molar-refractivity contribution >= 4 is 5.91 Å². The third-order valence-corrected chi connectivity index (χ3v) is 4.33. The van der Waals surface area contributed by atoms with Crippen molar-refractivity contribution < 1.29 is 13.9 Å². The number of hydrogen-bond acceptors (Lipinski definition) is 5.